The number of carbonyl (C=O) groups excluding carboxylic acids is 1. The lowest BCUT2D eigenvalue weighted by molar-refractivity contribution is 0.102. The maximum Gasteiger partial charge on any atom is 0.255 e. The first kappa shape index (κ1) is 14.8. The lowest BCUT2D eigenvalue weighted by Crippen LogP contribution is -2.15. The second-order valence-electron chi connectivity index (χ2n) is 4.96. The van der Waals surface area contributed by atoms with E-state index in [1.807, 2.05) is 13.0 Å². The van der Waals surface area contributed by atoms with Crippen molar-refractivity contribution < 1.29 is 9.53 Å². The number of benzene rings is 1. The lowest BCUT2D eigenvalue weighted by Gasteiger charge is -2.11. The van der Waals surface area contributed by atoms with Crippen molar-refractivity contribution in [2.75, 3.05) is 12.4 Å². The van der Waals surface area contributed by atoms with Crippen LogP contribution in [-0.2, 0) is 0 Å². The quantitative estimate of drug-likeness (QED) is 0.804. The molecule has 0 radical (unpaired) electrons. The summed E-state index contributed by atoms with van der Waals surface area (Å²) in [5.74, 6) is 1.01. The van der Waals surface area contributed by atoms with E-state index in [4.69, 9.17) is 4.74 Å². The molecule has 2 aromatic heterocycles. The van der Waals surface area contributed by atoms with Gasteiger partial charge in [-0.3, -0.25) is 4.79 Å². The summed E-state index contributed by atoms with van der Waals surface area (Å²) in [5, 5.41) is 7.02. The van der Waals surface area contributed by atoms with Crippen LogP contribution in [0.3, 0.4) is 0 Å². The van der Waals surface area contributed by atoms with Crippen molar-refractivity contribution in [3.8, 4) is 11.6 Å². The Morgan fingerprint density at radius 1 is 1.22 bits per heavy atom. The number of anilines is 1. The standard InChI is InChI=1S/C17H16N4O2/c1-12-6-7-13(11-15(12)23-2)17(22)20-14-5-3-8-18-16(14)21-10-4-9-19-21/h3-11H,1-2H3,(H,20,22). The Morgan fingerprint density at radius 2 is 2.09 bits per heavy atom. The summed E-state index contributed by atoms with van der Waals surface area (Å²) in [7, 11) is 1.58. The molecule has 1 amide bonds. The molecule has 3 rings (SSSR count). The molecule has 0 saturated heterocycles. The van der Waals surface area contributed by atoms with Crippen LogP contribution in [0.4, 0.5) is 5.69 Å². The smallest absolute Gasteiger partial charge is 0.255 e. The van der Waals surface area contributed by atoms with Crippen molar-refractivity contribution in [1.82, 2.24) is 14.8 Å². The van der Waals surface area contributed by atoms with Gasteiger partial charge in [-0.1, -0.05) is 6.07 Å². The number of aryl methyl sites for hydroxylation is 1. The molecule has 6 nitrogen and oxygen atoms in total. The van der Waals surface area contributed by atoms with Gasteiger partial charge in [0.2, 0.25) is 0 Å². The number of hydrogen-bond acceptors (Lipinski definition) is 4. The number of rotatable bonds is 4. The summed E-state index contributed by atoms with van der Waals surface area (Å²) < 4.78 is 6.86. The van der Waals surface area contributed by atoms with Crippen LogP contribution in [0.15, 0.2) is 55.0 Å². The Balaban J connectivity index is 1.89. The molecule has 0 saturated carbocycles. The van der Waals surface area contributed by atoms with E-state index in [0.29, 0.717) is 22.8 Å². The molecule has 0 bridgehead atoms. The molecule has 0 aliphatic heterocycles. The maximum atomic E-state index is 12.5. The topological polar surface area (TPSA) is 69.0 Å². The van der Waals surface area contributed by atoms with E-state index in [-0.39, 0.29) is 5.91 Å². The predicted octanol–water partition coefficient (Wildman–Crippen LogP) is 2.84. The molecule has 0 unspecified atom stereocenters. The minimum absolute atomic E-state index is 0.232. The van der Waals surface area contributed by atoms with Crippen LogP contribution < -0.4 is 10.1 Å². The van der Waals surface area contributed by atoms with E-state index in [1.165, 1.54) is 0 Å². The fraction of sp³-hybridized carbons (Fsp3) is 0.118. The number of nitrogens with one attached hydrogen (secondary N) is 1. The third-order valence-corrected chi connectivity index (χ3v) is 3.43. The molecule has 0 aliphatic rings. The van der Waals surface area contributed by atoms with Crippen molar-refractivity contribution in [2.45, 2.75) is 6.92 Å². The molecule has 3 aromatic rings. The third-order valence-electron chi connectivity index (χ3n) is 3.43. The largest absolute Gasteiger partial charge is 0.496 e. The third kappa shape index (κ3) is 3.06. The Kier molecular flexibility index (Phi) is 4.05. The van der Waals surface area contributed by atoms with Crippen molar-refractivity contribution in [1.29, 1.82) is 0 Å². The van der Waals surface area contributed by atoms with Gasteiger partial charge in [-0.05, 0) is 42.8 Å². The van der Waals surface area contributed by atoms with Gasteiger partial charge in [0.1, 0.15) is 5.75 Å². The van der Waals surface area contributed by atoms with Crippen LogP contribution >= 0.6 is 0 Å². The number of carbonyl (C=O) groups is 1. The Bertz CT molecular complexity index is 828. The summed E-state index contributed by atoms with van der Waals surface area (Å²) in [6, 6.07) is 10.7. The van der Waals surface area contributed by atoms with Crippen LogP contribution in [0, 0.1) is 6.92 Å². The molecule has 0 aliphatic carbocycles. The highest BCUT2D eigenvalue weighted by atomic mass is 16.5. The maximum absolute atomic E-state index is 12.5. The van der Waals surface area contributed by atoms with Crippen LogP contribution in [-0.4, -0.2) is 27.8 Å². The first-order valence-electron chi connectivity index (χ1n) is 7.10. The predicted molar refractivity (Wildman–Crippen MR) is 87.0 cm³/mol. The SMILES string of the molecule is COc1cc(C(=O)Nc2cccnc2-n2cccn2)ccc1C. The van der Waals surface area contributed by atoms with Crippen LogP contribution in [0.5, 0.6) is 5.75 Å². The number of hydrogen-bond donors (Lipinski definition) is 1. The monoisotopic (exact) mass is 308 g/mol. The lowest BCUT2D eigenvalue weighted by atomic mass is 10.1. The Hall–Kier alpha value is -3.15. The van der Waals surface area contributed by atoms with Gasteiger partial charge in [0.15, 0.2) is 5.82 Å². The number of methoxy groups -OCH3 is 1. The number of amides is 1. The molecule has 0 fully saturated rings. The molecule has 6 heteroatoms. The van der Waals surface area contributed by atoms with E-state index in [0.717, 1.165) is 5.56 Å². The van der Waals surface area contributed by atoms with Gasteiger partial charge in [0, 0.05) is 24.2 Å². The molecule has 0 spiro atoms. The highest BCUT2D eigenvalue weighted by Crippen LogP contribution is 2.21. The van der Waals surface area contributed by atoms with E-state index < -0.39 is 0 Å². The van der Waals surface area contributed by atoms with Gasteiger partial charge in [0.05, 0.1) is 12.8 Å². The van der Waals surface area contributed by atoms with Gasteiger partial charge in [-0.15, -0.1) is 0 Å². The molecule has 1 aromatic carbocycles. The van der Waals surface area contributed by atoms with Gasteiger partial charge in [0.25, 0.3) is 5.91 Å². The average Bonchev–Trinajstić information content (AvgIpc) is 3.10. The molecule has 1 N–H and O–H groups in total. The van der Waals surface area contributed by atoms with E-state index in [2.05, 4.69) is 15.4 Å². The first-order chi connectivity index (χ1) is 11.2. The zero-order chi connectivity index (χ0) is 16.2. The summed E-state index contributed by atoms with van der Waals surface area (Å²) in [6.45, 7) is 1.93. The van der Waals surface area contributed by atoms with E-state index in [1.54, 1.807) is 60.7 Å². The molecule has 116 valence electrons. The number of aromatic nitrogens is 3. The van der Waals surface area contributed by atoms with Crippen LogP contribution in [0.1, 0.15) is 15.9 Å². The van der Waals surface area contributed by atoms with E-state index >= 15 is 0 Å². The highest BCUT2D eigenvalue weighted by molar-refractivity contribution is 6.05. The zero-order valence-electron chi connectivity index (χ0n) is 12.9. The number of ether oxygens (including phenoxy) is 1. The molecule has 2 heterocycles. The molecular weight excluding hydrogens is 292 g/mol. The highest BCUT2D eigenvalue weighted by Gasteiger charge is 2.12. The number of pyridine rings is 1. The molecular formula is C17H16N4O2. The average molecular weight is 308 g/mol. The summed E-state index contributed by atoms with van der Waals surface area (Å²) >= 11 is 0. The van der Waals surface area contributed by atoms with Crippen molar-refractivity contribution in [3.05, 3.63) is 66.1 Å². The van der Waals surface area contributed by atoms with Crippen LogP contribution in [0.2, 0.25) is 0 Å². The normalized spacial score (nSPS) is 10.3. The minimum atomic E-state index is -0.232. The Morgan fingerprint density at radius 3 is 2.83 bits per heavy atom. The second kappa shape index (κ2) is 6.31. The second-order valence-corrected chi connectivity index (χ2v) is 4.96. The summed E-state index contributed by atoms with van der Waals surface area (Å²) in [4.78, 5) is 16.8. The van der Waals surface area contributed by atoms with Gasteiger partial charge < -0.3 is 10.1 Å². The zero-order valence-corrected chi connectivity index (χ0v) is 12.9. The Labute approximate surface area is 133 Å². The number of nitrogens with zero attached hydrogens (tertiary/aromatic N) is 3. The van der Waals surface area contributed by atoms with Gasteiger partial charge in [-0.25, -0.2) is 9.67 Å². The first-order valence-corrected chi connectivity index (χ1v) is 7.10. The van der Waals surface area contributed by atoms with E-state index in [9.17, 15) is 4.79 Å². The van der Waals surface area contributed by atoms with Crippen molar-refractivity contribution in [2.24, 2.45) is 0 Å². The van der Waals surface area contributed by atoms with Crippen molar-refractivity contribution in [3.63, 3.8) is 0 Å². The van der Waals surface area contributed by atoms with Crippen molar-refractivity contribution >= 4 is 11.6 Å². The van der Waals surface area contributed by atoms with Gasteiger partial charge >= 0.3 is 0 Å². The summed E-state index contributed by atoms with van der Waals surface area (Å²) in [5.41, 5.74) is 2.08. The summed E-state index contributed by atoms with van der Waals surface area (Å²) in [6.07, 6.45) is 5.08. The fourth-order valence-electron chi connectivity index (χ4n) is 2.23. The molecule has 0 atom stereocenters. The minimum Gasteiger partial charge on any atom is -0.496 e. The van der Waals surface area contributed by atoms with Crippen LogP contribution in [0.25, 0.3) is 5.82 Å². The van der Waals surface area contributed by atoms with Gasteiger partial charge in [-0.2, -0.15) is 5.10 Å². The fourth-order valence-corrected chi connectivity index (χ4v) is 2.23. The molecule has 23 heavy (non-hydrogen) atoms.